The standard InChI is InChI=1S/C20H29BrO5.2C2H6/c1-14(2)17-12-16(26-20(17)22)7-10-24-13-15-5-6-18(21)19(11-15)25-9-4-8-23-3;2*1-2/h5-6,11,14,16-17H,4,7-10,12-13H2,1-3H3;2*1-2H3/t16?,17-;;/m0../s1. The van der Waals surface area contributed by atoms with Gasteiger partial charge in [-0.15, -0.1) is 0 Å². The van der Waals surface area contributed by atoms with Crippen LogP contribution < -0.4 is 4.74 Å². The maximum atomic E-state index is 11.8. The molecule has 1 heterocycles. The van der Waals surface area contributed by atoms with Crippen molar-refractivity contribution < 1.29 is 23.7 Å². The Morgan fingerprint density at radius 1 is 1.13 bits per heavy atom. The highest BCUT2D eigenvalue weighted by Crippen LogP contribution is 2.29. The third kappa shape index (κ3) is 10.8. The van der Waals surface area contributed by atoms with Gasteiger partial charge >= 0.3 is 5.97 Å². The fraction of sp³-hybridized carbons (Fsp3) is 0.708. The van der Waals surface area contributed by atoms with Crippen LogP contribution in [0.3, 0.4) is 0 Å². The lowest BCUT2D eigenvalue weighted by atomic mass is 9.92. The first-order chi connectivity index (χ1) is 14.5. The van der Waals surface area contributed by atoms with Crippen molar-refractivity contribution in [3.05, 3.63) is 28.2 Å². The molecule has 174 valence electrons. The molecule has 1 unspecified atom stereocenters. The summed E-state index contributed by atoms with van der Waals surface area (Å²) in [6.07, 6.45) is 2.38. The van der Waals surface area contributed by atoms with Crippen LogP contribution in [0.2, 0.25) is 0 Å². The van der Waals surface area contributed by atoms with Gasteiger partial charge in [-0.05, 0) is 46.0 Å². The predicted molar refractivity (Wildman–Crippen MR) is 126 cm³/mol. The number of rotatable bonds is 11. The fourth-order valence-electron chi connectivity index (χ4n) is 2.94. The van der Waals surface area contributed by atoms with E-state index < -0.39 is 0 Å². The van der Waals surface area contributed by atoms with Crippen molar-refractivity contribution >= 4 is 21.9 Å². The van der Waals surface area contributed by atoms with E-state index in [4.69, 9.17) is 18.9 Å². The molecule has 1 aromatic rings. The maximum absolute atomic E-state index is 11.8. The monoisotopic (exact) mass is 488 g/mol. The van der Waals surface area contributed by atoms with Gasteiger partial charge < -0.3 is 18.9 Å². The number of methoxy groups -OCH3 is 1. The number of carbonyl (C=O) groups is 1. The number of esters is 1. The van der Waals surface area contributed by atoms with Crippen LogP contribution in [0.5, 0.6) is 5.75 Å². The molecule has 2 rings (SSSR count). The van der Waals surface area contributed by atoms with Gasteiger partial charge in [-0.1, -0.05) is 47.6 Å². The van der Waals surface area contributed by atoms with Crippen LogP contribution in [0.1, 0.15) is 66.4 Å². The van der Waals surface area contributed by atoms with E-state index in [-0.39, 0.29) is 18.0 Å². The number of hydrogen-bond donors (Lipinski definition) is 0. The minimum atomic E-state index is -0.0619. The molecule has 2 atom stereocenters. The molecule has 1 saturated heterocycles. The van der Waals surface area contributed by atoms with Crippen molar-refractivity contribution in [2.24, 2.45) is 11.8 Å². The van der Waals surface area contributed by atoms with Crippen molar-refractivity contribution in [2.45, 2.75) is 73.5 Å². The first-order valence-electron chi connectivity index (χ1n) is 11.2. The van der Waals surface area contributed by atoms with Gasteiger partial charge in [0.25, 0.3) is 0 Å². The van der Waals surface area contributed by atoms with Gasteiger partial charge in [-0.2, -0.15) is 0 Å². The first kappa shape index (κ1) is 28.9. The third-order valence-corrected chi connectivity index (χ3v) is 5.16. The lowest BCUT2D eigenvalue weighted by Crippen LogP contribution is -2.13. The number of hydrogen-bond acceptors (Lipinski definition) is 5. The Kier molecular flexibility index (Phi) is 16.9. The molecule has 30 heavy (non-hydrogen) atoms. The molecular weight excluding hydrogens is 448 g/mol. The summed E-state index contributed by atoms with van der Waals surface area (Å²) < 4.78 is 22.9. The van der Waals surface area contributed by atoms with Gasteiger partial charge in [0.05, 0.1) is 30.2 Å². The molecule has 1 aromatic carbocycles. The molecule has 1 aliphatic rings. The normalized spacial score (nSPS) is 17.6. The largest absolute Gasteiger partial charge is 0.492 e. The van der Waals surface area contributed by atoms with Gasteiger partial charge in [0, 0.05) is 26.6 Å². The molecule has 5 nitrogen and oxygen atoms in total. The Hall–Kier alpha value is -1.11. The van der Waals surface area contributed by atoms with Crippen LogP contribution in [0.25, 0.3) is 0 Å². The zero-order chi connectivity index (χ0) is 22.9. The molecule has 0 aromatic heterocycles. The highest BCUT2D eigenvalue weighted by Gasteiger charge is 2.35. The second kappa shape index (κ2) is 17.6. The van der Waals surface area contributed by atoms with E-state index >= 15 is 0 Å². The second-order valence-electron chi connectivity index (χ2n) is 6.95. The highest BCUT2D eigenvalue weighted by molar-refractivity contribution is 9.10. The quantitative estimate of drug-likeness (QED) is 0.266. The maximum Gasteiger partial charge on any atom is 0.309 e. The lowest BCUT2D eigenvalue weighted by molar-refractivity contribution is -0.145. The summed E-state index contributed by atoms with van der Waals surface area (Å²) in [4.78, 5) is 11.8. The number of ether oxygens (including phenoxy) is 4. The zero-order valence-electron chi connectivity index (χ0n) is 19.8. The summed E-state index contributed by atoms with van der Waals surface area (Å²) in [7, 11) is 1.68. The molecule has 0 spiro atoms. The van der Waals surface area contributed by atoms with E-state index in [1.54, 1.807) is 7.11 Å². The van der Waals surface area contributed by atoms with E-state index in [0.717, 1.165) is 35.0 Å². The minimum Gasteiger partial charge on any atom is -0.492 e. The number of halogens is 1. The highest BCUT2D eigenvalue weighted by atomic mass is 79.9. The fourth-order valence-corrected chi connectivity index (χ4v) is 3.30. The van der Waals surface area contributed by atoms with E-state index in [2.05, 4.69) is 29.8 Å². The molecule has 1 aliphatic heterocycles. The van der Waals surface area contributed by atoms with E-state index in [1.807, 2.05) is 45.9 Å². The summed E-state index contributed by atoms with van der Waals surface area (Å²) >= 11 is 3.50. The Morgan fingerprint density at radius 3 is 2.43 bits per heavy atom. The summed E-state index contributed by atoms with van der Waals surface area (Å²) in [5.74, 6) is 1.11. The average Bonchev–Trinajstić information content (AvgIpc) is 3.14. The van der Waals surface area contributed by atoms with Gasteiger partial charge in [0.15, 0.2) is 0 Å². The Labute approximate surface area is 191 Å². The second-order valence-corrected chi connectivity index (χ2v) is 7.80. The predicted octanol–water partition coefficient (Wildman–Crippen LogP) is 6.41. The molecule has 0 radical (unpaired) electrons. The average molecular weight is 489 g/mol. The zero-order valence-corrected chi connectivity index (χ0v) is 21.4. The summed E-state index contributed by atoms with van der Waals surface area (Å²) in [5, 5.41) is 0. The Morgan fingerprint density at radius 2 is 1.83 bits per heavy atom. The van der Waals surface area contributed by atoms with Gasteiger partial charge in [-0.25, -0.2) is 0 Å². The van der Waals surface area contributed by atoms with Crippen LogP contribution in [0.4, 0.5) is 0 Å². The SMILES string of the molecule is CC.CC.COCCCOc1cc(COCCC2C[C@@H](C(C)C)C(=O)O2)ccc1Br. The molecule has 0 aliphatic carbocycles. The number of cyclic esters (lactones) is 1. The summed E-state index contributed by atoms with van der Waals surface area (Å²) in [6.45, 7) is 14.5. The van der Waals surface area contributed by atoms with Crippen molar-refractivity contribution in [3.63, 3.8) is 0 Å². The van der Waals surface area contributed by atoms with Crippen LogP contribution in [0.15, 0.2) is 22.7 Å². The molecule has 0 amide bonds. The minimum absolute atomic E-state index is 0.0144. The first-order valence-corrected chi connectivity index (χ1v) is 12.0. The Bertz CT molecular complexity index is 577. The number of benzene rings is 1. The van der Waals surface area contributed by atoms with Gasteiger partial charge in [0.2, 0.25) is 0 Å². The summed E-state index contributed by atoms with van der Waals surface area (Å²) in [6, 6.07) is 5.97. The van der Waals surface area contributed by atoms with Gasteiger partial charge in [0.1, 0.15) is 11.9 Å². The van der Waals surface area contributed by atoms with Crippen LogP contribution in [-0.4, -0.2) is 39.0 Å². The van der Waals surface area contributed by atoms with Crippen LogP contribution in [-0.2, 0) is 25.6 Å². The van der Waals surface area contributed by atoms with E-state index in [9.17, 15) is 4.79 Å². The molecule has 6 heteroatoms. The number of carbonyl (C=O) groups excluding carboxylic acids is 1. The van der Waals surface area contributed by atoms with Crippen molar-refractivity contribution in [1.29, 1.82) is 0 Å². The van der Waals surface area contributed by atoms with Crippen LogP contribution >= 0.6 is 15.9 Å². The molecule has 0 bridgehead atoms. The molecule has 0 N–H and O–H groups in total. The topological polar surface area (TPSA) is 54.0 Å². The van der Waals surface area contributed by atoms with Crippen molar-refractivity contribution in [2.75, 3.05) is 26.9 Å². The lowest BCUT2D eigenvalue weighted by Gasteiger charge is -2.12. The molecular formula is C24H41BrO5. The van der Waals surface area contributed by atoms with E-state index in [1.165, 1.54) is 0 Å². The van der Waals surface area contributed by atoms with Crippen molar-refractivity contribution in [3.8, 4) is 5.75 Å². The van der Waals surface area contributed by atoms with Crippen molar-refractivity contribution in [1.82, 2.24) is 0 Å². The summed E-state index contributed by atoms with van der Waals surface area (Å²) in [5.41, 5.74) is 1.05. The van der Waals surface area contributed by atoms with E-state index in [0.29, 0.717) is 32.3 Å². The van der Waals surface area contributed by atoms with Crippen LogP contribution in [0, 0.1) is 11.8 Å². The molecule has 1 fully saturated rings. The van der Waals surface area contributed by atoms with Gasteiger partial charge in [-0.3, -0.25) is 4.79 Å². The Balaban J connectivity index is 0.00000198. The third-order valence-electron chi connectivity index (χ3n) is 4.51. The smallest absolute Gasteiger partial charge is 0.309 e. The molecule has 0 saturated carbocycles.